The third-order valence-corrected chi connectivity index (χ3v) is 4.21. The fourth-order valence-electron chi connectivity index (χ4n) is 3.32. The van der Waals surface area contributed by atoms with E-state index >= 15 is 0 Å². The van der Waals surface area contributed by atoms with E-state index in [-0.39, 0.29) is 0 Å². The highest BCUT2D eigenvalue weighted by Gasteiger charge is 2.23. The molecule has 2 fully saturated rings. The number of likely N-dealkylation sites (tertiary alicyclic amines) is 1. The van der Waals surface area contributed by atoms with Crippen molar-refractivity contribution in [2.24, 2.45) is 0 Å². The van der Waals surface area contributed by atoms with Crippen LogP contribution in [0, 0.1) is 0 Å². The van der Waals surface area contributed by atoms with Crippen LogP contribution in [0.15, 0.2) is 0 Å². The number of hydrogen-bond donors (Lipinski definition) is 1. The smallest absolute Gasteiger partial charge is 0.0586 e. The molecule has 17 heavy (non-hydrogen) atoms. The van der Waals surface area contributed by atoms with Gasteiger partial charge in [-0.25, -0.2) is 0 Å². The van der Waals surface area contributed by atoms with Gasteiger partial charge in [-0.1, -0.05) is 0 Å². The fraction of sp³-hybridized carbons (Fsp3) is 1.00. The molecule has 1 saturated heterocycles. The maximum Gasteiger partial charge on any atom is 0.0586 e. The molecule has 0 aromatic rings. The van der Waals surface area contributed by atoms with Crippen molar-refractivity contribution < 1.29 is 4.74 Å². The van der Waals surface area contributed by atoms with E-state index in [0.29, 0.717) is 18.2 Å². The Morgan fingerprint density at radius 2 is 2.00 bits per heavy atom. The van der Waals surface area contributed by atoms with E-state index in [2.05, 4.69) is 17.1 Å². The number of rotatable bonds is 5. The Morgan fingerprint density at radius 3 is 2.71 bits per heavy atom. The fourth-order valence-corrected chi connectivity index (χ4v) is 3.32. The van der Waals surface area contributed by atoms with Crippen molar-refractivity contribution in [1.29, 1.82) is 0 Å². The molecule has 1 aliphatic heterocycles. The van der Waals surface area contributed by atoms with Gasteiger partial charge < -0.3 is 15.0 Å². The van der Waals surface area contributed by atoms with E-state index in [0.717, 1.165) is 0 Å². The van der Waals surface area contributed by atoms with Crippen molar-refractivity contribution in [3.8, 4) is 0 Å². The Hall–Kier alpha value is -0.120. The molecule has 0 aromatic carbocycles. The van der Waals surface area contributed by atoms with E-state index < -0.39 is 0 Å². The highest BCUT2D eigenvalue weighted by atomic mass is 16.5. The summed E-state index contributed by atoms with van der Waals surface area (Å²) in [5.41, 5.74) is 0. The molecule has 0 radical (unpaired) electrons. The van der Waals surface area contributed by atoms with Crippen molar-refractivity contribution in [2.75, 3.05) is 26.7 Å². The Kier molecular flexibility index (Phi) is 5.26. The van der Waals surface area contributed by atoms with E-state index in [9.17, 15) is 0 Å². The van der Waals surface area contributed by atoms with Gasteiger partial charge in [0.05, 0.1) is 6.10 Å². The van der Waals surface area contributed by atoms with E-state index in [1.54, 1.807) is 0 Å². The second-order valence-electron chi connectivity index (χ2n) is 5.80. The van der Waals surface area contributed by atoms with Gasteiger partial charge in [-0.05, 0) is 58.5 Å². The van der Waals surface area contributed by atoms with E-state index in [1.807, 2.05) is 7.11 Å². The summed E-state index contributed by atoms with van der Waals surface area (Å²) >= 11 is 0. The molecule has 1 saturated carbocycles. The molecule has 1 N–H and O–H groups in total. The van der Waals surface area contributed by atoms with Gasteiger partial charge >= 0.3 is 0 Å². The zero-order valence-electron chi connectivity index (χ0n) is 11.5. The normalized spacial score (nSPS) is 32.8. The van der Waals surface area contributed by atoms with Gasteiger partial charge in [0.1, 0.15) is 0 Å². The largest absolute Gasteiger partial charge is 0.381 e. The number of nitrogens with one attached hydrogen (secondary N) is 1. The number of hydrogen-bond acceptors (Lipinski definition) is 3. The first kappa shape index (κ1) is 13.3. The maximum absolute atomic E-state index is 5.49. The first-order chi connectivity index (χ1) is 8.28. The predicted molar refractivity (Wildman–Crippen MR) is 71.3 cm³/mol. The summed E-state index contributed by atoms with van der Waals surface area (Å²) in [6.45, 7) is 6.15. The summed E-state index contributed by atoms with van der Waals surface area (Å²) in [6, 6.07) is 1.29. The SMILES string of the molecule is COC1CCCC(NC(C)CN2CCCC2)C1. The molecule has 0 amide bonds. The van der Waals surface area contributed by atoms with Gasteiger partial charge in [-0.2, -0.15) is 0 Å². The minimum atomic E-state index is 0.486. The van der Waals surface area contributed by atoms with Gasteiger partial charge in [0, 0.05) is 25.7 Å². The number of nitrogens with zero attached hydrogens (tertiary/aromatic N) is 1. The lowest BCUT2D eigenvalue weighted by molar-refractivity contribution is 0.0565. The van der Waals surface area contributed by atoms with Crippen molar-refractivity contribution >= 4 is 0 Å². The van der Waals surface area contributed by atoms with Gasteiger partial charge in [-0.3, -0.25) is 0 Å². The minimum Gasteiger partial charge on any atom is -0.381 e. The standard InChI is InChI=1S/C14H28N2O/c1-12(11-16-8-3-4-9-16)15-13-6-5-7-14(10-13)17-2/h12-15H,3-11H2,1-2H3. The lowest BCUT2D eigenvalue weighted by Gasteiger charge is -2.32. The molecule has 0 spiro atoms. The summed E-state index contributed by atoms with van der Waals surface area (Å²) < 4.78 is 5.49. The Balaban J connectivity index is 1.68. The summed E-state index contributed by atoms with van der Waals surface area (Å²) in [5.74, 6) is 0. The van der Waals surface area contributed by atoms with Crippen molar-refractivity contribution in [3.05, 3.63) is 0 Å². The van der Waals surface area contributed by atoms with Crippen molar-refractivity contribution in [3.63, 3.8) is 0 Å². The van der Waals surface area contributed by atoms with Gasteiger partial charge in [0.15, 0.2) is 0 Å². The first-order valence-electron chi connectivity index (χ1n) is 7.29. The van der Waals surface area contributed by atoms with Gasteiger partial charge in [0.25, 0.3) is 0 Å². The Labute approximate surface area is 106 Å². The van der Waals surface area contributed by atoms with Crippen LogP contribution in [0.2, 0.25) is 0 Å². The Bertz CT molecular complexity index is 216. The molecule has 0 aromatic heterocycles. The zero-order valence-corrected chi connectivity index (χ0v) is 11.5. The molecule has 1 aliphatic carbocycles. The molecule has 100 valence electrons. The van der Waals surface area contributed by atoms with E-state index in [1.165, 1.54) is 58.2 Å². The molecule has 3 heteroatoms. The maximum atomic E-state index is 5.49. The van der Waals surface area contributed by atoms with Crippen LogP contribution in [0.1, 0.15) is 45.4 Å². The molecule has 0 bridgehead atoms. The van der Waals surface area contributed by atoms with Crippen LogP contribution in [0.25, 0.3) is 0 Å². The molecular formula is C14H28N2O. The third-order valence-electron chi connectivity index (χ3n) is 4.21. The second kappa shape index (κ2) is 6.72. The van der Waals surface area contributed by atoms with Crippen LogP contribution < -0.4 is 5.32 Å². The highest BCUT2D eigenvalue weighted by Crippen LogP contribution is 2.21. The lowest BCUT2D eigenvalue weighted by atomic mass is 9.92. The molecule has 3 nitrogen and oxygen atoms in total. The molecule has 2 aliphatic rings. The first-order valence-corrected chi connectivity index (χ1v) is 7.29. The topological polar surface area (TPSA) is 24.5 Å². The van der Waals surface area contributed by atoms with E-state index in [4.69, 9.17) is 4.74 Å². The highest BCUT2D eigenvalue weighted by molar-refractivity contribution is 4.82. The van der Waals surface area contributed by atoms with Crippen LogP contribution in [-0.2, 0) is 4.74 Å². The number of ether oxygens (including phenoxy) is 1. The summed E-state index contributed by atoms with van der Waals surface area (Å²) in [4.78, 5) is 2.59. The van der Waals surface area contributed by atoms with Crippen LogP contribution in [0.4, 0.5) is 0 Å². The number of methoxy groups -OCH3 is 1. The third kappa shape index (κ3) is 4.23. The predicted octanol–water partition coefficient (Wildman–Crippen LogP) is 2.02. The molecule has 3 atom stereocenters. The van der Waals surface area contributed by atoms with Crippen LogP contribution >= 0.6 is 0 Å². The Morgan fingerprint density at radius 1 is 1.24 bits per heavy atom. The van der Waals surface area contributed by atoms with Gasteiger partial charge in [-0.15, -0.1) is 0 Å². The zero-order chi connectivity index (χ0) is 12.1. The van der Waals surface area contributed by atoms with Gasteiger partial charge in [0.2, 0.25) is 0 Å². The second-order valence-corrected chi connectivity index (χ2v) is 5.80. The molecular weight excluding hydrogens is 212 g/mol. The van der Waals surface area contributed by atoms with Crippen LogP contribution in [-0.4, -0.2) is 49.8 Å². The average Bonchev–Trinajstić information content (AvgIpc) is 2.82. The molecule has 1 heterocycles. The quantitative estimate of drug-likeness (QED) is 0.795. The molecule has 3 unspecified atom stereocenters. The summed E-state index contributed by atoms with van der Waals surface area (Å²) in [6.07, 6.45) is 8.34. The summed E-state index contributed by atoms with van der Waals surface area (Å²) in [7, 11) is 1.85. The average molecular weight is 240 g/mol. The molecule has 2 rings (SSSR count). The van der Waals surface area contributed by atoms with Crippen molar-refractivity contribution in [1.82, 2.24) is 10.2 Å². The monoisotopic (exact) mass is 240 g/mol. The lowest BCUT2D eigenvalue weighted by Crippen LogP contribution is -2.45. The summed E-state index contributed by atoms with van der Waals surface area (Å²) in [5, 5.41) is 3.79. The van der Waals surface area contributed by atoms with Crippen molar-refractivity contribution in [2.45, 2.75) is 63.6 Å². The van der Waals surface area contributed by atoms with Crippen LogP contribution in [0.5, 0.6) is 0 Å². The van der Waals surface area contributed by atoms with Crippen LogP contribution in [0.3, 0.4) is 0 Å². The minimum absolute atomic E-state index is 0.486.